The van der Waals surface area contributed by atoms with Gasteiger partial charge in [0.2, 0.25) is 0 Å². The Kier molecular flexibility index (Phi) is 8.97. The number of thiazole rings is 1. The Morgan fingerprint density at radius 2 is 1.94 bits per heavy atom. The van der Waals surface area contributed by atoms with E-state index in [1.54, 1.807) is 25.2 Å². The Balaban J connectivity index is 1.91. The summed E-state index contributed by atoms with van der Waals surface area (Å²) in [4.78, 5) is 30.9. The second-order valence-corrected chi connectivity index (χ2v) is 12.1. The largest absolute Gasteiger partial charge is 0.458 e. The number of ketones is 1. The topological polar surface area (TPSA) is 109 Å². The summed E-state index contributed by atoms with van der Waals surface area (Å²) >= 11 is 1.55. The van der Waals surface area contributed by atoms with Crippen LogP contribution in [-0.4, -0.2) is 57.0 Å². The van der Waals surface area contributed by atoms with Gasteiger partial charge in [-0.2, -0.15) is 0 Å². The molecule has 36 heavy (non-hydrogen) atoms. The first-order valence-corrected chi connectivity index (χ1v) is 13.7. The maximum atomic E-state index is 13.4. The van der Waals surface area contributed by atoms with Gasteiger partial charge in [-0.25, -0.2) is 4.98 Å². The highest BCUT2D eigenvalue weighted by Gasteiger charge is 2.52. The van der Waals surface area contributed by atoms with Crippen LogP contribution >= 0.6 is 11.3 Å². The molecule has 1 saturated heterocycles. The molecule has 8 heteroatoms. The van der Waals surface area contributed by atoms with Gasteiger partial charge in [-0.3, -0.25) is 9.59 Å². The van der Waals surface area contributed by atoms with E-state index in [9.17, 15) is 19.8 Å². The van der Waals surface area contributed by atoms with Crippen LogP contribution in [0.25, 0.3) is 6.08 Å². The SMILES string of the molecule is CC[C@H]1C(=O)C(C)(C)[C@@H](O)CC(=O)O[C@H](C(C)=Cc2csc(C)n2)C[C@H]2O[C@]2(C)CC/C=C(\C)[C@@H]1O. The number of ether oxygens (including phenoxy) is 2. The minimum absolute atomic E-state index is 0.0753. The Bertz CT molecular complexity index is 1030. The van der Waals surface area contributed by atoms with Crippen LogP contribution in [0.5, 0.6) is 0 Å². The van der Waals surface area contributed by atoms with E-state index >= 15 is 0 Å². The van der Waals surface area contributed by atoms with Crippen LogP contribution in [0.15, 0.2) is 22.6 Å². The van der Waals surface area contributed by atoms with E-state index in [4.69, 9.17) is 9.47 Å². The normalized spacial score (nSPS) is 36.0. The third-order valence-electron chi connectivity index (χ3n) is 7.82. The fourth-order valence-electron chi connectivity index (χ4n) is 4.94. The number of hydrogen-bond acceptors (Lipinski definition) is 8. The van der Waals surface area contributed by atoms with Gasteiger partial charge in [0, 0.05) is 17.7 Å². The lowest BCUT2D eigenvalue weighted by Gasteiger charge is -2.34. The third kappa shape index (κ3) is 6.52. The number of epoxide rings is 1. The van der Waals surface area contributed by atoms with Crippen LogP contribution in [0.3, 0.4) is 0 Å². The molecule has 0 unspecified atom stereocenters. The van der Waals surface area contributed by atoms with Crippen LogP contribution in [0.2, 0.25) is 0 Å². The fraction of sp³-hybridized carbons (Fsp3) is 0.679. The van der Waals surface area contributed by atoms with Crippen LogP contribution in [0.1, 0.15) is 84.3 Å². The number of rotatable bonds is 3. The van der Waals surface area contributed by atoms with Crippen LogP contribution < -0.4 is 0 Å². The molecule has 0 aliphatic carbocycles. The predicted molar refractivity (Wildman–Crippen MR) is 140 cm³/mol. The summed E-state index contributed by atoms with van der Waals surface area (Å²) in [6, 6.07) is 0. The summed E-state index contributed by atoms with van der Waals surface area (Å²) in [7, 11) is 0. The van der Waals surface area contributed by atoms with Crippen molar-refractivity contribution >= 4 is 29.2 Å². The Hall–Kier alpha value is -1.87. The highest BCUT2D eigenvalue weighted by Crippen LogP contribution is 2.44. The average Bonchev–Trinajstić information content (AvgIpc) is 3.24. The number of esters is 1. The summed E-state index contributed by atoms with van der Waals surface area (Å²) in [5.74, 6) is -1.51. The molecular weight excluding hydrogens is 478 g/mol. The number of carbonyl (C=O) groups excluding carboxylic acids is 2. The van der Waals surface area contributed by atoms with Crippen molar-refractivity contribution in [2.75, 3.05) is 0 Å². The number of aliphatic hydroxyl groups is 2. The lowest BCUT2D eigenvalue weighted by Crippen LogP contribution is -2.45. The fourth-order valence-corrected chi connectivity index (χ4v) is 5.51. The van der Waals surface area contributed by atoms with E-state index < -0.39 is 35.6 Å². The first kappa shape index (κ1) is 28.7. The number of hydrogen-bond donors (Lipinski definition) is 2. The van der Waals surface area contributed by atoms with Gasteiger partial charge in [0.05, 0.1) is 46.5 Å². The van der Waals surface area contributed by atoms with Crippen molar-refractivity contribution in [1.29, 1.82) is 0 Å². The number of carbonyl (C=O) groups is 2. The molecule has 0 bridgehead atoms. The maximum absolute atomic E-state index is 13.4. The van der Waals surface area contributed by atoms with Gasteiger partial charge in [-0.1, -0.05) is 26.8 Å². The van der Waals surface area contributed by atoms with Crippen molar-refractivity contribution in [3.63, 3.8) is 0 Å². The molecule has 1 aromatic heterocycles. The molecule has 2 aliphatic rings. The quantitative estimate of drug-likeness (QED) is 0.336. The lowest BCUT2D eigenvalue weighted by atomic mass is 9.72. The van der Waals surface area contributed by atoms with Gasteiger partial charge in [-0.05, 0) is 64.2 Å². The van der Waals surface area contributed by atoms with E-state index in [1.807, 2.05) is 52.2 Å². The van der Waals surface area contributed by atoms with Crippen molar-refractivity contribution < 1.29 is 29.3 Å². The molecule has 0 saturated carbocycles. The first-order chi connectivity index (χ1) is 16.8. The molecule has 0 radical (unpaired) electrons. The molecule has 3 heterocycles. The molecule has 200 valence electrons. The number of aromatic nitrogens is 1. The molecule has 2 N–H and O–H groups in total. The van der Waals surface area contributed by atoms with E-state index in [1.165, 1.54) is 0 Å². The van der Waals surface area contributed by atoms with Crippen LogP contribution in [-0.2, 0) is 19.1 Å². The second-order valence-electron chi connectivity index (χ2n) is 11.1. The zero-order chi connectivity index (χ0) is 26.8. The third-order valence-corrected chi connectivity index (χ3v) is 8.61. The molecule has 2 aliphatic heterocycles. The summed E-state index contributed by atoms with van der Waals surface area (Å²) in [6.45, 7) is 12.8. The predicted octanol–water partition coefficient (Wildman–Crippen LogP) is 4.79. The number of aryl methyl sites for hydroxylation is 1. The highest BCUT2D eigenvalue weighted by molar-refractivity contribution is 7.09. The van der Waals surface area contributed by atoms with Gasteiger partial charge in [0.15, 0.2) is 0 Å². The highest BCUT2D eigenvalue weighted by atomic mass is 32.1. The molecule has 1 aromatic rings. The average molecular weight is 520 g/mol. The number of nitrogens with zero attached hydrogens (tertiary/aromatic N) is 1. The van der Waals surface area contributed by atoms with E-state index in [2.05, 4.69) is 4.98 Å². The van der Waals surface area contributed by atoms with Gasteiger partial charge < -0.3 is 19.7 Å². The summed E-state index contributed by atoms with van der Waals surface area (Å²) in [5.41, 5.74) is 0.830. The van der Waals surface area contributed by atoms with Gasteiger partial charge in [-0.15, -0.1) is 11.3 Å². The molecule has 7 nitrogen and oxygen atoms in total. The van der Waals surface area contributed by atoms with Gasteiger partial charge in [0.25, 0.3) is 0 Å². The lowest BCUT2D eigenvalue weighted by molar-refractivity contribution is -0.154. The van der Waals surface area contributed by atoms with Gasteiger partial charge >= 0.3 is 5.97 Å². The zero-order valence-electron chi connectivity index (χ0n) is 22.5. The Labute approximate surface area is 218 Å². The van der Waals surface area contributed by atoms with E-state index in [0.717, 1.165) is 28.3 Å². The molecule has 6 atom stereocenters. The van der Waals surface area contributed by atoms with Crippen molar-refractivity contribution in [2.24, 2.45) is 11.3 Å². The first-order valence-electron chi connectivity index (χ1n) is 12.8. The minimum atomic E-state index is -1.25. The summed E-state index contributed by atoms with van der Waals surface area (Å²) in [5, 5.41) is 24.8. The van der Waals surface area contributed by atoms with Crippen LogP contribution in [0.4, 0.5) is 0 Å². The number of cyclic esters (lactones) is 1. The number of allylic oxidation sites excluding steroid dienone is 1. The van der Waals surface area contributed by atoms with Crippen molar-refractivity contribution in [3.05, 3.63) is 33.3 Å². The number of aliphatic hydroxyl groups excluding tert-OH is 2. The molecule has 0 aromatic carbocycles. The van der Waals surface area contributed by atoms with Crippen molar-refractivity contribution in [3.8, 4) is 0 Å². The van der Waals surface area contributed by atoms with E-state index in [0.29, 0.717) is 19.3 Å². The Morgan fingerprint density at radius 1 is 1.25 bits per heavy atom. The van der Waals surface area contributed by atoms with E-state index in [-0.39, 0.29) is 23.9 Å². The van der Waals surface area contributed by atoms with Crippen molar-refractivity contribution in [1.82, 2.24) is 4.98 Å². The second kappa shape index (κ2) is 11.3. The molecular formula is C28H41NO6S. The number of Topliss-reactive ketones (excluding diaryl/α,β-unsaturated/α-hetero) is 1. The van der Waals surface area contributed by atoms with Crippen molar-refractivity contribution in [2.45, 2.75) is 111 Å². The summed E-state index contributed by atoms with van der Waals surface area (Å²) in [6.07, 6.45) is 3.16. The standard InChI is InChI=1S/C28H41NO6S/c1-8-20-25(32)16(2)10-9-11-28(7)23(35-28)13-21(17(3)12-19-15-36-18(4)29-19)34-24(31)14-22(30)27(5,6)26(20)33/h10,12,15,20-23,25,30,32H,8-9,11,13-14H2,1-7H3/b16-10+,17-12?/t20-,21+,22+,23-,25+,28-/m1/s1. The van der Waals surface area contributed by atoms with Crippen LogP contribution in [0, 0.1) is 18.3 Å². The molecule has 3 rings (SSSR count). The zero-order valence-corrected chi connectivity index (χ0v) is 23.4. The number of fused-ring (bicyclic) bond motifs is 1. The summed E-state index contributed by atoms with van der Waals surface area (Å²) < 4.78 is 11.9. The maximum Gasteiger partial charge on any atom is 0.309 e. The monoisotopic (exact) mass is 519 g/mol. The molecule has 0 spiro atoms. The minimum Gasteiger partial charge on any atom is -0.458 e. The molecule has 1 fully saturated rings. The Morgan fingerprint density at radius 3 is 2.56 bits per heavy atom. The smallest absolute Gasteiger partial charge is 0.309 e. The molecule has 0 amide bonds. The van der Waals surface area contributed by atoms with Gasteiger partial charge in [0.1, 0.15) is 11.9 Å².